The summed E-state index contributed by atoms with van der Waals surface area (Å²) in [6.07, 6.45) is 10.2. The Hall–Kier alpha value is -2.60. The third-order valence-electron chi connectivity index (χ3n) is 4.74. The summed E-state index contributed by atoms with van der Waals surface area (Å²) in [4.78, 5) is 15.6. The Morgan fingerprint density at radius 3 is 2.48 bits per heavy atom. The summed E-state index contributed by atoms with van der Waals surface area (Å²) in [7, 11) is 2.18. The van der Waals surface area contributed by atoms with Crippen LogP contribution >= 0.6 is 0 Å². The molecule has 3 aromatic heterocycles. The van der Waals surface area contributed by atoms with Gasteiger partial charge < -0.3 is 4.90 Å². The lowest BCUT2D eigenvalue weighted by atomic mass is 10.1. The van der Waals surface area contributed by atoms with Crippen molar-refractivity contribution < 1.29 is 0 Å². The zero-order valence-electron chi connectivity index (χ0n) is 14.4. The molecular formula is C19H22N6. The first-order valence-electron chi connectivity index (χ1n) is 8.73. The van der Waals surface area contributed by atoms with Crippen molar-refractivity contribution in [1.29, 1.82) is 0 Å². The van der Waals surface area contributed by atoms with Gasteiger partial charge in [0.2, 0.25) is 0 Å². The highest BCUT2D eigenvalue weighted by molar-refractivity contribution is 5.52. The number of hydrogen-bond donors (Lipinski definition) is 0. The maximum absolute atomic E-state index is 4.85. The lowest BCUT2D eigenvalue weighted by Crippen LogP contribution is -2.32. The fourth-order valence-corrected chi connectivity index (χ4v) is 3.31. The Morgan fingerprint density at radius 1 is 1.04 bits per heavy atom. The van der Waals surface area contributed by atoms with Gasteiger partial charge in [-0.25, -0.2) is 9.67 Å². The van der Waals surface area contributed by atoms with Gasteiger partial charge in [0.15, 0.2) is 5.82 Å². The fourth-order valence-electron chi connectivity index (χ4n) is 3.31. The van der Waals surface area contributed by atoms with Crippen LogP contribution in [-0.4, -0.2) is 49.8 Å². The van der Waals surface area contributed by atoms with Crippen molar-refractivity contribution in [2.75, 3.05) is 20.1 Å². The molecule has 25 heavy (non-hydrogen) atoms. The number of rotatable bonds is 4. The topological polar surface area (TPSA) is 59.7 Å². The van der Waals surface area contributed by atoms with Crippen LogP contribution in [0.5, 0.6) is 0 Å². The molecule has 4 heterocycles. The molecule has 4 rings (SSSR count). The number of pyridine rings is 2. The number of hydrogen-bond acceptors (Lipinski definition) is 5. The van der Waals surface area contributed by atoms with Crippen molar-refractivity contribution in [1.82, 2.24) is 29.6 Å². The summed E-state index contributed by atoms with van der Waals surface area (Å²) in [6.45, 7) is 2.19. The SMILES string of the molecule is CN1CCC(n2nc(-c3cccnc3)nc2Cc2cccnc2)CC1. The first-order valence-corrected chi connectivity index (χ1v) is 8.73. The molecule has 3 aromatic rings. The Balaban J connectivity index is 1.68. The maximum atomic E-state index is 4.85. The van der Waals surface area contributed by atoms with E-state index in [9.17, 15) is 0 Å². The van der Waals surface area contributed by atoms with Crippen LogP contribution in [0.1, 0.15) is 30.3 Å². The highest BCUT2D eigenvalue weighted by Crippen LogP contribution is 2.25. The smallest absolute Gasteiger partial charge is 0.182 e. The molecular weight excluding hydrogens is 312 g/mol. The van der Waals surface area contributed by atoms with E-state index in [0.717, 1.165) is 55.1 Å². The molecule has 0 amide bonds. The van der Waals surface area contributed by atoms with Gasteiger partial charge in [-0.1, -0.05) is 6.07 Å². The minimum absolute atomic E-state index is 0.404. The summed E-state index contributed by atoms with van der Waals surface area (Å²) in [5, 5.41) is 4.85. The van der Waals surface area contributed by atoms with Crippen LogP contribution in [0.15, 0.2) is 49.1 Å². The molecule has 0 unspecified atom stereocenters. The Kier molecular flexibility index (Phi) is 4.52. The van der Waals surface area contributed by atoms with E-state index < -0.39 is 0 Å². The molecule has 6 nitrogen and oxygen atoms in total. The minimum Gasteiger partial charge on any atom is -0.306 e. The number of aromatic nitrogens is 5. The molecule has 128 valence electrons. The van der Waals surface area contributed by atoms with Crippen molar-refractivity contribution in [2.45, 2.75) is 25.3 Å². The Bertz CT molecular complexity index is 806. The predicted octanol–water partition coefficient (Wildman–Crippen LogP) is 2.59. The molecule has 0 atom stereocenters. The largest absolute Gasteiger partial charge is 0.306 e. The quantitative estimate of drug-likeness (QED) is 0.734. The first-order chi connectivity index (χ1) is 12.3. The average Bonchev–Trinajstić information content (AvgIpc) is 3.08. The van der Waals surface area contributed by atoms with Gasteiger partial charge in [0.25, 0.3) is 0 Å². The molecule has 0 bridgehead atoms. The van der Waals surface area contributed by atoms with Gasteiger partial charge in [-0.05, 0) is 56.7 Å². The lowest BCUT2D eigenvalue weighted by Gasteiger charge is -2.29. The second-order valence-corrected chi connectivity index (χ2v) is 6.61. The Morgan fingerprint density at radius 2 is 1.80 bits per heavy atom. The number of likely N-dealkylation sites (tertiary alicyclic amines) is 1. The summed E-state index contributed by atoms with van der Waals surface area (Å²) in [5.74, 6) is 1.76. The van der Waals surface area contributed by atoms with E-state index in [-0.39, 0.29) is 0 Å². The zero-order valence-corrected chi connectivity index (χ0v) is 14.4. The van der Waals surface area contributed by atoms with Crippen molar-refractivity contribution >= 4 is 0 Å². The van der Waals surface area contributed by atoms with Crippen LogP contribution in [0, 0.1) is 0 Å². The third kappa shape index (κ3) is 3.58. The van der Waals surface area contributed by atoms with Crippen molar-refractivity contribution in [3.63, 3.8) is 0 Å². The standard InChI is InChI=1S/C19H22N6/c1-24-10-6-17(7-11-24)25-18(12-15-4-2-8-20-13-15)22-19(23-25)16-5-3-9-21-14-16/h2-5,8-9,13-14,17H,6-7,10-12H2,1H3. The van der Waals surface area contributed by atoms with E-state index in [2.05, 4.69) is 32.7 Å². The normalized spacial score (nSPS) is 16.2. The molecule has 0 N–H and O–H groups in total. The van der Waals surface area contributed by atoms with Gasteiger partial charge in [-0.15, -0.1) is 0 Å². The zero-order chi connectivity index (χ0) is 17.1. The second kappa shape index (κ2) is 7.11. The van der Waals surface area contributed by atoms with Gasteiger partial charge in [0.1, 0.15) is 5.82 Å². The molecule has 1 fully saturated rings. The highest BCUT2D eigenvalue weighted by Gasteiger charge is 2.23. The molecule has 1 aliphatic rings. The summed E-state index contributed by atoms with van der Waals surface area (Å²) < 4.78 is 2.14. The van der Waals surface area contributed by atoms with Crippen LogP contribution in [-0.2, 0) is 6.42 Å². The van der Waals surface area contributed by atoms with E-state index in [1.165, 1.54) is 0 Å². The van der Waals surface area contributed by atoms with Gasteiger partial charge in [0, 0.05) is 36.8 Å². The summed E-state index contributed by atoms with van der Waals surface area (Å²) >= 11 is 0. The fraction of sp³-hybridized carbons (Fsp3) is 0.368. The minimum atomic E-state index is 0.404. The van der Waals surface area contributed by atoms with E-state index in [4.69, 9.17) is 10.1 Å². The molecule has 0 radical (unpaired) electrons. The van der Waals surface area contributed by atoms with Gasteiger partial charge in [-0.2, -0.15) is 5.10 Å². The molecule has 0 spiro atoms. The van der Waals surface area contributed by atoms with E-state index in [1.54, 1.807) is 12.4 Å². The van der Waals surface area contributed by atoms with Crippen LogP contribution < -0.4 is 0 Å². The van der Waals surface area contributed by atoms with E-state index in [1.807, 2.05) is 30.6 Å². The van der Waals surface area contributed by atoms with Crippen LogP contribution in [0.25, 0.3) is 11.4 Å². The van der Waals surface area contributed by atoms with E-state index >= 15 is 0 Å². The van der Waals surface area contributed by atoms with Crippen LogP contribution in [0.2, 0.25) is 0 Å². The van der Waals surface area contributed by atoms with Crippen LogP contribution in [0.4, 0.5) is 0 Å². The molecule has 6 heteroatoms. The first kappa shape index (κ1) is 15.9. The lowest BCUT2D eigenvalue weighted by molar-refractivity contribution is 0.210. The van der Waals surface area contributed by atoms with Crippen LogP contribution in [0.3, 0.4) is 0 Å². The van der Waals surface area contributed by atoms with Crippen molar-refractivity contribution in [3.8, 4) is 11.4 Å². The maximum Gasteiger partial charge on any atom is 0.182 e. The van der Waals surface area contributed by atoms with Crippen molar-refractivity contribution in [3.05, 3.63) is 60.4 Å². The van der Waals surface area contributed by atoms with Gasteiger partial charge >= 0.3 is 0 Å². The Labute approximate surface area is 147 Å². The van der Waals surface area contributed by atoms with Crippen molar-refractivity contribution in [2.24, 2.45) is 0 Å². The predicted molar refractivity (Wildman–Crippen MR) is 96.1 cm³/mol. The monoisotopic (exact) mass is 334 g/mol. The van der Waals surface area contributed by atoms with E-state index in [0.29, 0.717) is 6.04 Å². The highest BCUT2D eigenvalue weighted by atomic mass is 15.4. The van der Waals surface area contributed by atoms with Gasteiger partial charge in [0.05, 0.1) is 6.04 Å². The average molecular weight is 334 g/mol. The van der Waals surface area contributed by atoms with Gasteiger partial charge in [-0.3, -0.25) is 9.97 Å². The molecule has 1 aliphatic heterocycles. The summed E-state index contributed by atoms with van der Waals surface area (Å²) in [6, 6.07) is 8.39. The summed E-state index contributed by atoms with van der Waals surface area (Å²) in [5.41, 5.74) is 2.11. The molecule has 0 aliphatic carbocycles. The number of nitrogens with zero attached hydrogens (tertiary/aromatic N) is 6. The number of piperidine rings is 1. The second-order valence-electron chi connectivity index (χ2n) is 6.61. The third-order valence-corrected chi connectivity index (χ3v) is 4.74. The molecule has 1 saturated heterocycles. The molecule has 0 saturated carbocycles. The molecule has 0 aromatic carbocycles.